The van der Waals surface area contributed by atoms with E-state index in [9.17, 15) is 53.8 Å². The van der Waals surface area contributed by atoms with E-state index in [0.29, 0.717) is 45.0 Å². The van der Waals surface area contributed by atoms with Crippen molar-refractivity contribution in [2.24, 2.45) is 4.99 Å². The predicted molar refractivity (Wildman–Crippen MR) is 293 cm³/mol. The lowest BCUT2D eigenvalue weighted by atomic mass is 9.93. The van der Waals surface area contributed by atoms with Gasteiger partial charge in [0.1, 0.15) is 21.1 Å². The Labute approximate surface area is 443 Å². The Morgan fingerprint density at radius 2 is 1.17 bits per heavy atom. The van der Waals surface area contributed by atoms with Crippen molar-refractivity contribution in [3.8, 4) is 22.5 Å². The number of rotatable bonds is 15. The van der Waals surface area contributed by atoms with Gasteiger partial charge >= 0.3 is 18.0 Å². The topological polar surface area (TPSA) is 312 Å². The first-order valence-corrected chi connectivity index (χ1v) is 27.8. The lowest BCUT2D eigenvalue weighted by Gasteiger charge is -2.21. The number of carboxylic acid groups (broad SMARTS) is 1. The Bertz CT molecular complexity index is 4110. The molecule has 0 unspecified atom stereocenters. The van der Waals surface area contributed by atoms with E-state index in [1.165, 1.54) is 48.5 Å². The summed E-state index contributed by atoms with van der Waals surface area (Å²) in [6.45, 7) is 10.1. The van der Waals surface area contributed by atoms with E-state index in [2.05, 4.69) is 31.3 Å². The van der Waals surface area contributed by atoms with Gasteiger partial charge in [-0.1, -0.05) is 54.6 Å². The summed E-state index contributed by atoms with van der Waals surface area (Å²) >= 11 is 0. The summed E-state index contributed by atoms with van der Waals surface area (Å²) in [4.78, 5) is 41.6. The first-order valence-electron chi connectivity index (χ1n) is 23.4. The molecule has 20 nitrogen and oxygen atoms in total. The van der Waals surface area contributed by atoms with Crippen LogP contribution in [-0.4, -0.2) is 64.0 Å². The Morgan fingerprint density at radius 3 is 1.83 bits per heavy atom. The standard InChI is InChI=1S/C54H51N7O13S3/c1-29-23-31(3)51(60-53(64)57-35-13-8-7-9-14-35)33(5)49(29)56-37-19-20-39-43(26-37)74-44-28-42(46(75(66,67)55-22-21-47(62)63)27-41(44)48(39)40-17-10-11-18-45(40)77(71,72)73)59-50-30(2)24-32(4)52(34(50)6)61-54(65)58-36-15-12-16-38(25-36)76(68,69)70/h7-20,23-28,55-56H,21-22H2,1-6H3,(H,62,63)(H2,57,60,64)(H2,58,61,65)(H,68,69,70)(H,71,72,73)/b59-42-. The third-order valence-corrected chi connectivity index (χ3v) is 15.7. The molecule has 0 fully saturated rings. The third-order valence-electron chi connectivity index (χ3n) is 12.5. The van der Waals surface area contributed by atoms with Crippen LogP contribution in [0.5, 0.6) is 0 Å². The molecule has 1 heterocycles. The van der Waals surface area contributed by atoms with Crippen molar-refractivity contribution in [1.29, 1.82) is 0 Å². The minimum Gasteiger partial charge on any atom is -0.481 e. The van der Waals surface area contributed by atoms with Crippen molar-refractivity contribution in [3.05, 3.63) is 160 Å². The van der Waals surface area contributed by atoms with Crippen LogP contribution < -0.4 is 36.7 Å². The number of amides is 4. The highest BCUT2D eigenvalue weighted by Crippen LogP contribution is 2.44. The average molecular weight is 1100 g/mol. The lowest BCUT2D eigenvalue weighted by Crippen LogP contribution is -2.30. The quantitative estimate of drug-likeness (QED) is 0.0341. The fraction of sp³-hybridized carbons (Fsp3) is 0.148. The number of anilines is 6. The van der Waals surface area contributed by atoms with Crippen LogP contribution in [0.3, 0.4) is 0 Å². The summed E-state index contributed by atoms with van der Waals surface area (Å²) in [5.41, 5.74) is 6.87. The summed E-state index contributed by atoms with van der Waals surface area (Å²) < 4.78 is 108. The monoisotopic (exact) mass is 1100 g/mol. The predicted octanol–water partition coefficient (Wildman–Crippen LogP) is 10.6. The molecule has 0 radical (unpaired) electrons. The third kappa shape index (κ3) is 12.2. The van der Waals surface area contributed by atoms with Crippen LogP contribution >= 0.6 is 0 Å². The molecule has 9 N–H and O–H groups in total. The smallest absolute Gasteiger partial charge is 0.323 e. The van der Waals surface area contributed by atoms with Gasteiger partial charge in [-0.15, -0.1) is 0 Å². The van der Waals surface area contributed by atoms with E-state index in [1.807, 2.05) is 32.9 Å². The zero-order valence-electron chi connectivity index (χ0n) is 42.1. The molecule has 0 aromatic heterocycles. The number of aryl methyl sites for hydroxylation is 4. The van der Waals surface area contributed by atoms with E-state index in [0.717, 1.165) is 23.3 Å². The number of fused-ring (bicyclic) bond motifs is 2. The fourth-order valence-electron chi connectivity index (χ4n) is 9.03. The van der Waals surface area contributed by atoms with Crippen LogP contribution in [0, 0.1) is 41.5 Å². The number of benzene rings is 7. The Morgan fingerprint density at radius 1 is 0.558 bits per heavy atom. The lowest BCUT2D eigenvalue weighted by molar-refractivity contribution is -0.136. The van der Waals surface area contributed by atoms with Crippen LogP contribution in [0.25, 0.3) is 33.4 Å². The van der Waals surface area contributed by atoms with Gasteiger partial charge < -0.3 is 36.1 Å². The maximum atomic E-state index is 14.5. The van der Waals surface area contributed by atoms with E-state index in [4.69, 9.17) is 9.41 Å². The van der Waals surface area contributed by atoms with Crippen molar-refractivity contribution < 1.29 is 58.3 Å². The summed E-state index contributed by atoms with van der Waals surface area (Å²) in [5, 5.41) is 24.0. The van der Waals surface area contributed by atoms with Crippen LogP contribution in [0.2, 0.25) is 0 Å². The summed E-state index contributed by atoms with van der Waals surface area (Å²) in [7, 11) is -14.2. The summed E-state index contributed by atoms with van der Waals surface area (Å²) in [6.07, 6.45) is -0.584. The number of nitrogens with zero attached hydrogens (tertiary/aromatic N) is 1. The number of nitrogens with one attached hydrogen (secondary N) is 6. The van der Waals surface area contributed by atoms with E-state index in [1.54, 1.807) is 69.3 Å². The molecule has 2 aliphatic rings. The highest BCUT2D eigenvalue weighted by Gasteiger charge is 2.28. The molecule has 0 saturated heterocycles. The molecule has 0 saturated carbocycles. The SMILES string of the molecule is Cc1cc(C)c(NC(=O)Nc2cccc(S(=O)(=O)O)c2)c(C)c1/N=c1/cc2oc3cc(Nc4c(C)cc(C)c(NC(=O)Nc5ccccc5)c4C)ccc3c(-c3ccccc3S(=O)(=O)O)c-2cc1S(=O)(=O)NCCC(=O)O. The highest BCUT2D eigenvalue weighted by molar-refractivity contribution is 7.89. The summed E-state index contributed by atoms with van der Waals surface area (Å²) in [6, 6.07) is 29.3. The van der Waals surface area contributed by atoms with E-state index < -0.39 is 75.9 Å². The molecule has 0 spiro atoms. The zero-order chi connectivity index (χ0) is 55.7. The van der Waals surface area contributed by atoms with Crippen LogP contribution in [0.15, 0.2) is 145 Å². The number of urea groups is 2. The van der Waals surface area contributed by atoms with Gasteiger partial charge in [-0.05, 0) is 130 Å². The fourth-order valence-corrected chi connectivity index (χ4v) is 11.4. The van der Waals surface area contributed by atoms with Crippen molar-refractivity contribution in [2.75, 3.05) is 33.1 Å². The van der Waals surface area contributed by atoms with Gasteiger partial charge in [0.2, 0.25) is 10.0 Å². The number of hydrogen-bond acceptors (Lipinski definition) is 12. The van der Waals surface area contributed by atoms with E-state index in [-0.39, 0.29) is 55.8 Å². The summed E-state index contributed by atoms with van der Waals surface area (Å²) in [5.74, 6) is -1.29. The van der Waals surface area contributed by atoms with Crippen molar-refractivity contribution in [1.82, 2.24) is 4.72 Å². The molecule has 6 aromatic rings. The van der Waals surface area contributed by atoms with Gasteiger partial charge in [-0.2, -0.15) is 16.8 Å². The molecule has 77 heavy (non-hydrogen) atoms. The van der Waals surface area contributed by atoms with Crippen molar-refractivity contribution in [3.63, 3.8) is 0 Å². The first kappa shape index (κ1) is 54.8. The number of para-hydroxylation sites is 1. The molecule has 23 heteroatoms. The molecule has 8 rings (SSSR count). The van der Waals surface area contributed by atoms with E-state index >= 15 is 0 Å². The molecular formula is C54H51N7O13S3. The number of sulfonamides is 1. The number of hydrogen-bond donors (Lipinski definition) is 9. The molecule has 0 atom stereocenters. The molecule has 1 aliphatic heterocycles. The maximum absolute atomic E-state index is 14.5. The average Bonchev–Trinajstić information content (AvgIpc) is 3.38. The van der Waals surface area contributed by atoms with Gasteiger partial charge in [0, 0.05) is 63.5 Å². The normalized spacial score (nSPS) is 12.1. The minimum atomic E-state index is -4.92. The Kier molecular flexibility index (Phi) is 15.4. The number of carboxylic acids is 1. The second-order valence-corrected chi connectivity index (χ2v) is 22.6. The van der Waals surface area contributed by atoms with Crippen molar-refractivity contribution in [2.45, 2.75) is 62.6 Å². The molecule has 4 amide bonds. The maximum Gasteiger partial charge on any atom is 0.323 e. The van der Waals surface area contributed by atoms with Gasteiger partial charge in [0.25, 0.3) is 20.2 Å². The second-order valence-electron chi connectivity index (χ2n) is 18.0. The second kappa shape index (κ2) is 21.7. The van der Waals surface area contributed by atoms with Crippen LogP contribution in [0.1, 0.15) is 39.8 Å². The van der Waals surface area contributed by atoms with Gasteiger partial charge in [-0.3, -0.25) is 13.9 Å². The van der Waals surface area contributed by atoms with Crippen LogP contribution in [0.4, 0.5) is 49.4 Å². The number of carbonyl (C=O) groups is 3. The Hall–Kier alpha value is -8.45. The first-order chi connectivity index (χ1) is 36.3. The van der Waals surface area contributed by atoms with Gasteiger partial charge in [0.15, 0.2) is 0 Å². The van der Waals surface area contributed by atoms with Gasteiger partial charge in [-0.25, -0.2) is 27.7 Å². The van der Waals surface area contributed by atoms with Crippen LogP contribution in [-0.2, 0) is 35.1 Å². The Balaban J connectivity index is 1.32. The molecule has 398 valence electrons. The largest absolute Gasteiger partial charge is 0.481 e. The number of aliphatic carboxylic acids is 1. The number of carbonyl (C=O) groups excluding carboxylic acids is 2. The molecule has 6 aromatic carbocycles. The molecule has 0 bridgehead atoms. The van der Waals surface area contributed by atoms with Gasteiger partial charge in [0.05, 0.1) is 33.7 Å². The minimum absolute atomic E-state index is 0.0103. The zero-order valence-corrected chi connectivity index (χ0v) is 44.5. The highest BCUT2D eigenvalue weighted by atomic mass is 32.2. The van der Waals surface area contributed by atoms with Crippen molar-refractivity contribution >= 4 is 99.1 Å². The molecular weight excluding hydrogens is 1050 g/mol. The molecule has 1 aliphatic carbocycles.